The van der Waals surface area contributed by atoms with E-state index in [1.165, 1.54) is 48.1 Å². The number of hydrogen-bond acceptors (Lipinski definition) is 6. The maximum Gasteiger partial charge on any atom is 0.229 e. The minimum absolute atomic E-state index is 0.581. The quantitative estimate of drug-likeness (QED) is 0.326. The maximum atomic E-state index is 4.71. The first-order valence-corrected chi connectivity index (χ1v) is 12.1. The average Bonchev–Trinajstić information content (AvgIpc) is 3.52. The summed E-state index contributed by atoms with van der Waals surface area (Å²) in [6.07, 6.45) is 6.74. The second-order valence-corrected chi connectivity index (χ2v) is 9.83. The molecule has 1 saturated carbocycles. The minimum Gasteiger partial charge on any atom is -0.324 e. The summed E-state index contributed by atoms with van der Waals surface area (Å²) in [5.41, 5.74) is 6.27. The Balaban J connectivity index is 1.34. The van der Waals surface area contributed by atoms with Gasteiger partial charge in [-0.3, -0.25) is 5.10 Å². The van der Waals surface area contributed by atoms with E-state index in [0.29, 0.717) is 17.8 Å². The Kier molecular flexibility index (Phi) is 5.83. The molecule has 0 amide bonds. The number of rotatable bonds is 6. The van der Waals surface area contributed by atoms with E-state index < -0.39 is 0 Å². The van der Waals surface area contributed by atoms with Crippen molar-refractivity contribution < 1.29 is 0 Å². The molecular formula is C23H28IN7. The Labute approximate surface area is 196 Å². The predicted octanol–water partition coefficient (Wildman–Crippen LogP) is 5.25. The van der Waals surface area contributed by atoms with E-state index in [4.69, 9.17) is 4.98 Å². The van der Waals surface area contributed by atoms with Gasteiger partial charge < -0.3 is 16.0 Å². The molecule has 2 aliphatic rings. The molecule has 0 unspecified atom stereocenters. The van der Waals surface area contributed by atoms with Gasteiger partial charge in [0, 0.05) is 29.6 Å². The second kappa shape index (κ2) is 8.74. The topological polar surface area (TPSA) is 90.6 Å². The molecule has 0 spiro atoms. The molecule has 0 atom stereocenters. The van der Waals surface area contributed by atoms with E-state index in [-0.39, 0.29) is 0 Å². The smallest absolute Gasteiger partial charge is 0.229 e. The molecule has 162 valence electrons. The SMILES string of the molecule is Cc1cc(C2CCNCC2)c(C)cc1Nc1ncc(I)c(Nc2cc(C3CC3)[nH]n2)n1. The number of piperidine rings is 1. The van der Waals surface area contributed by atoms with E-state index in [1.54, 1.807) is 0 Å². The zero-order valence-corrected chi connectivity index (χ0v) is 20.1. The lowest BCUT2D eigenvalue weighted by atomic mass is 9.86. The number of halogens is 1. The summed E-state index contributed by atoms with van der Waals surface area (Å²) in [5.74, 6) is 3.42. The number of benzene rings is 1. The first-order chi connectivity index (χ1) is 15.1. The number of aryl methyl sites for hydroxylation is 2. The molecule has 3 heterocycles. The highest BCUT2D eigenvalue weighted by atomic mass is 127. The fourth-order valence-electron chi connectivity index (χ4n) is 4.31. The van der Waals surface area contributed by atoms with Gasteiger partial charge >= 0.3 is 0 Å². The molecule has 0 bridgehead atoms. The Hall–Kier alpha value is -2.20. The fourth-order valence-corrected chi connectivity index (χ4v) is 4.70. The average molecular weight is 529 g/mol. The maximum absolute atomic E-state index is 4.71. The molecule has 7 nitrogen and oxygen atoms in total. The largest absolute Gasteiger partial charge is 0.324 e. The molecule has 2 aromatic heterocycles. The lowest BCUT2D eigenvalue weighted by Crippen LogP contribution is -2.27. The molecule has 3 aromatic rings. The van der Waals surface area contributed by atoms with Crippen LogP contribution < -0.4 is 16.0 Å². The predicted molar refractivity (Wildman–Crippen MR) is 133 cm³/mol. The third-order valence-corrected chi connectivity index (χ3v) is 7.03. The van der Waals surface area contributed by atoms with Crippen LogP contribution in [0.5, 0.6) is 0 Å². The number of aromatic nitrogens is 4. The van der Waals surface area contributed by atoms with Crippen LogP contribution in [0.4, 0.5) is 23.3 Å². The highest BCUT2D eigenvalue weighted by molar-refractivity contribution is 14.1. The summed E-state index contributed by atoms with van der Waals surface area (Å²) in [6.45, 7) is 6.57. The first-order valence-electron chi connectivity index (χ1n) is 11.0. The van der Waals surface area contributed by atoms with Crippen LogP contribution >= 0.6 is 22.6 Å². The summed E-state index contributed by atoms with van der Waals surface area (Å²) in [7, 11) is 0. The summed E-state index contributed by atoms with van der Waals surface area (Å²) in [5, 5.41) is 17.7. The van der Waals surface area contributed by atoms with Gasteiger partial charge in [0.05, 0.1) is 3.57 Å². The third-order valence-electron chi connectivity index (χ3n) is 6.24. The first kappa shape index (κ1) is 20.7. The van der Waals surface area contributed by atoms with Crippen LogP contribution in [0.3, 0.4) is 0 Å². The molecule has 1 aliphatic heterocycles. The van der Waals surface area contributed by atoms with Crippen molar-refractivity contribution in [3.8, 4) is 0 Å². The van der Waals surface area contributed by atoms with Crippen LogP contribution in [-0.2, 0) is 0 Å². The minimum atomic E-state index is 0.581. The molecule has 2 fully saturated rings. The summed E-state index contributed by atoms with van der Waals surface area (Å²) in [4.78, 5) is 9.21. The van der Waals surface area contributed by atoms with E-state index in [1.807, 2.05) is 6.20 Å². The summed E-state index contributed by atoms with van der Waals surface area (Å²) in [6, 6.07) is 6.65. The molecule has 1 aromatic carbocycles. The van der Waals surface area contributed by atoms with Crippen molar-refractivity contribution in [2.24, 2.45) is 0 Å². The zero-order valence-electron chi connectivity index (χ0n) is 17.9. The Morgan fingerprint density at radius 3 is 2.55 bits per heavy atom. The monoisotopic (exact) mass is 529 g/mol. The summed E-state index contributed by atoms with van der Waals surface area (Å²) >= 11 is 2.25. The van der Waals surface area contributed by atoms with Crippen LogP contribution in [0.2, 0.25) is 0 Å². The van der Waals surface area contributed by atoms with Crippen molar-refractivity contribution >= 4 is 45.9 Å². The lowest BCUT2D eigenvalue weighted by molar-refractivity contribution is 0.459. The fraction of sp³-hybridized carbons (Fsp3) is 0.435. The van der Waals surface area contributed by atoms with E-state index in [9.17, 15) is 0 Å². The van der Waals surface area contributed by atoms with Gasteiger partial charge in [-0.1, -0.05) is 6.07 Å². The number of nitrogens with zero attached hydrogens (tertiary/aromatic N) is 3. The number of hydrogen-bond donors (Lipinski definition) is 4. The van der Waals surface area contributed by atoms with E-state index in [2.05, 4.69) is 85.8 Å². The third kappa shape index (κ3) is 4.69. The van der Waals surface area contributed by atoms with Crippen LogP contribution in [0.25, 0.3) is 0 Å². The Bertz CT molecular complexity index is 1080. The van der Waals surface area contributed by atoms with E-state index >= 15 is 0 Å². The van der Waals surface area contributed by atoms with Crippen molar-refractivity contribution in [2.45, 2.75) is 51.4 Å². The van der Waals surface area contributed by atoms with E-state index in [0.717, 1.165) is 34.0 Å². The molecule has 0 radical (unpaired) electrons. The van der Waals surface area contributed by atoms with Gasteiger partial charge in [0.25, 0.3) is 0 Å². The van der Waals surface area contributed by atoms with Crippen LogP contribution in [0.1, 0.15) is 59.9 Å². The Morgan fingerprint density at radius 2 is 1.77 bits per heavy atom. The number of nitrogens with one attached hydrogen (secondary N) is 4. The van der Waals surface area contributed by atoms with Gasteiger partial charge in [-0.15, -0.1) is 0 Å². The van der Waals surface area contributed by atoms with Crippen molar-refractivity contribution in [2.75, 3.05) is 23.7 Å². The van der Waals surface area contributed by atoms with Gasteiger partial charge in [-0.05, 0) is 104 Å². The number of H-pyrrole nitrogens is 1. The standard InChI is InChI=1S/C23H28IN7/c1-13-10-19(14(2)9-17(13)15-5-7-25-8-6-15)27-23-26-12-18(24)22(29-23)28-21-11-20(30-31-21)16-3-4-16/h9-12,15-16,25H,3-8H2,1-2H3,(H3,26,27,28,29,30,31). The molecule has 1 aliphatic carbocycles. The molecule has 1 saturated heterocycles. The highest BCUT2D eigenvalue weighted by Gasteiger charge is 2.25. The molecule has 31 heavy (non-hydrogen) atoms. The van der Waals surface area contributed by atoms with Crippen LogP contribution in [0.15, 0.2) is 24.4 Å². The zero-order chi connectivity index (χ0) is 21.4. The molecule has 5 rings (SSSR count). The van der Waals surface area contributed by atoms with Gasteiger partial charge in [0.15, 0.2) is 11.6 Å². The normalized spacial score (nSPS) is 17.0. The summed E-state index contributed by atoms with van der Waals surface area (Å²) < 4.78 is 0.952. The highest BCUT2D eigenvalue weighted by Crippen LogP contribution is 2.40. The van der Waals surface area contributed by atoms with Gasteiger partial charge in [-0.2, -0.15) is 10.1 Å². The molecule has 8 heteroatoms. The number of anilines is 4. The van der Waals surface area contributed by atoms with Crippen molar-refractivity contribution in [3.05, 3.63) is 50.4 Å². The van der Waals surface area contributed by atoms with Gasteiger partial charge in [-0.25, -0.2) is 4.98 Å². The van der Waals surface area contributed by atoms with Crippen molar-refractivity contribution in [1.82, 2.24) is 25.5 Å². The Morgan fingerprint density at radius 1 is 0.968 bits per heavy atom. The van der Waals surface area contributed by atoms with Crippen LogP contribution in [0, 0.1) is 17.4 Å². The van der Waals surface area contributed by atoms with Gasteiger partial charge in [0.1, 0.15) is 0 Å². The molecule has 4 N–H and O–H groups in total. The van der Waals surface area contributed by atoms with Crippen molar-refractivity contribution in [1.29, 1.82) is 0 Å². The van der Waals surface area contributed by atoms with Crippen molar-refractivity contribution in [3.63, 3.8) is 0 Å². The number of aromatic amines is 1. The second-order valence-electron chi connectivity index (χ2n) is 8.67. The molecular weight excluding hydrogens is 501 g/mol. The van der Waals surface area contributed by atoms with Gasteiger partial charge in [0.2, 0.25) is 5.95 Å². The van der Waals surface area contributed by atoms with Crippen LogP contribution in [-0.4, -0.2) is 33.3 Å². The lowest BCUT2D eigenvalue weighted by Gasteiger charge is -2.25.